The average molecular weight is 273 g/mol. The van der Waals surface area contributed by atoms with Gasteiger partial charge in [0.15, 0.2) is 0 Å². The number of rotatable bonds is 4. The lowest BCUT2D eigenvalue weighted by molar-refractivity contribution is -0.143. The predicted molar refractivity (Wildman–Crippen MR) is 68.1 cm³/mol. The summed E-state index contributed by atoms with van der Waals surface area (Å²) in [7, 11) is 0. The van der Waals surface area contributed by atoms with Crippen molar-refractivity contribution < 1.29 is 13.2 Å². The van der Waals surface area contributed by atoms with Gasteiger partial charge in [0.05, 0.1) is 6.54 Å². The smallest absolute Gasteiger partial charge is 0.385 e. The van der Waals surface area contributed by atoms with Gasteiger partial charge in [-0.15, -0.1) is 0 Å². The van der Waals surface area contributed by atoms with E-state index in [2.05, 4.69) is 10.3 Å². The zero-order valence-electron chi connectivity index (χ0n) is 10.9. The highest BCUT2D eigenvalue weighted by Gasteiger charge is 2.34. The number of aromatic nitrogens is 1. The van der Waals surface area contributed by atoms with Gasteiger partial charge in [0.25, 0.3) is 0 Å². The molecule has 1 aromatic heterocycles. The van der Waals surface area contributed by atoms with Crippen molar-refractivity contribution in [1.29, 1.82) is 0 Å². The maximum Gasteiger partial charge on any atom is 0.401 e. The first-order chi connectivity index (χ1) is 8.92. The quantitative estimate of drug-likeness (QED) is 0.914. The Labute approximate surface area is 110 Å². The molecule has 2 heterocycles. The predicted octanol–water partition coefficient (Wildman–Crippen LogP) is 2.69. The van der Waals surface area contributed by atoms with Crippen LogP contribution in [0.4, 0.5) is 18.9 Å². The van der Waals surface area contributed by atoms with Crippen molar-refractivity contribution in [2.75, 3.05) is 31.5 Å². The molecule has 1 atom stereocenters. The highest BCUT2D eigenvalue weighted by Crippen LogP contribution is 2.23. The van der Waals surface area contributed by atoms with E-state index in [1.54, 1.807) is 6.20 Å². The van der Waals surface area contributed by atoms with Crippen LogP contribution in [0.1, 0.15) is 12.1 Å². The zero-order chi connectivity index (χ0) is 13.9. The fraction of sp³-hybridized carbons (Fsp3) is 0.615. The van der Waals surface area contributed by atoms with E-state index in [1.807, 2.05) is 19.1 Å². The summed E-state index contributed by atoms with van der Waals surface area (Å²) in [6.45, 7) is 2.86. The monoisotopic (exact) mass is 273 g/mol. The Kier molecular flexibility index (Phi) is 4.29. The number of nitrogens with one attached hydrogen (secondary N) is 1. The molecule has 0 bridgehead atoms. The van der Waals surface area contributed by atoms with E-state index >= 15 is 0 Å². The molecule has 106 valence electrons. The average Bonchev–Trinajstić information content (AvgIpc) is 2.72. The summed E-state index contributed by atoms with van der Waals surface area (Å²) in [5.41, 5.74) is 1.90. The molecule has 0 saturated carbocycles. The molecule has 1 N–H and O–H groups in total. The second-order valence-electron chi connectivity index (χ2n) is 5.07. The SMILES string of the molecule is Cc1cc(NCC2CCN(CC(F)(F)F)C2)ccn1. The molecule has 6 heteroatoms. The molecule has 19 heavy (non-hydrogen) atoms. The molecule has 1 aliphatic heterocycles. The Morgan fingerprint density at radius 3 is 2.95 bits per heavy atom. The number of pyridine rings is 1. The van der Waals surface area contributed by atoms with Crippen LogP contribution in [-0.4, -0.2) is 42.2 Å². The summed E-state index contributed by atoms with van der Waals surface area (Å²) in [6.07, 6.45) is -1.56. The Morgan fingerprint density at radius 2 is 2.26 bits per heavy atom. The minimum absolute atomic E-state index is 0.274. The van der Waals surface area contributed by atoms with Gasteiger partial charge in [0.2, 0.25) is 0 Å². The van der Waals surface area contributed by atoms with Gasteiger partial charge in [-0.05, 0) is 37.9 Å². The molecule has 0 aliphatic carbocycles. The summed E-state index contributed by atoms with van der Waals surface area (Å²) >= 11 is 0. The number of aryl methyl sites for hydroxylation is 1. The third-order valence-electron chi connectivity index (χ3n) is 3.26. The van der Waals surface area contributed by atoms with Crippen molar-refractivity contribution in [2.24, 2.45) is 5.92 Å². The van der Waals surface area contributed by atoms with Gasteiger partial charge in [-0.1, -0.05) is 0 Å². The number of alkyl halides is 3. The first kappa shape index (κ1) is 14.1. The Hall–Kier alpha value is -1.30. The minimum Gasteiger partial charge on any atom is -0.385 e. The second-order valence-corrected chi connectivity index (χ2v) is 5.07. The lowest BCUT2D eigenvalue weighted by Gasteiger charge is -2.18. The van der Waals surface area contributed by atoms with Crippen molar-refractivity contribution in [3.63, 3.8) is 0 Å². The fourth-order valence-electron chi connectivity index (χ4n) is 2.39. The first-order valence-corrected chi connectivity index (χ1v) is 6.38. The van der Waals surface area contributed by atoms with Gasteiger partial charge >= 0.3 is 6.18 Å². The van der Waals surface area contributed by atoms with Gasteiger partial charge in [-0.25, -0.2) is 0 Å². The van der Waals surface area contributed by atoms with Crippen LogP contribution < -0.4 is 5.32 Å². The normalized spacial score (nSPS) is 20.7. The van der Waals surface area contributed by atoms with E-state index in [-0.39, 0.29) is 5.92 Å². The highest BCUT2D eigenvalue weighted by molar-refractivity contribution is 5.42. The van der Waals surface area contributed by atoms with E-state index < -0.39 is 12.7 Å². The van der Waals surface area contributed by atoms with Crippen molar-refractivity contribution in [3.8, 4) is 0 Å². The summed E-state index contributed by atoms with van der Waals surface area (Å²) in [5.74, 6) is 0.274. The Balaban J connectivity index is 1.76. The van der Waals surface area contributed by atoms with Crippen molar-refractivity contribution >= 4 is 5.69 Å². The van der Waals surface area contributed by atoms with Gasteiger partial charge in [-0.3, -0.25) is 9.88 Å². The third-order valence-corrected chi connectivity index (χ3v) is 3.26. The Bertz CT molecular complexity index is 420. The number of halogens is 3. The van der Waals surface area contributed by atoms with E-state index in [4.69, 9.17) is 0 Å². The molecular weight excluding hydrogens is 255 g/mol. The molecule has 1 aliphatic rings. The molecular formula is C13H18F3N3. The van der Waals surface area contributed by atoms with Crippen LogP contribution in [0.2, 0.25) is 0 Å². The van der Waals surface area contributed by atoms with Crippen molar-refractivity contribution in [2.45, 2.75) is 19.5 Å². The number of hydrogen-bond acceptors (Lipinski definition) is 3. The van der Waals surface area contributed by atoms with Crippen LogP contribution in [0.25, 0.3) is 0 Å². The van der Waals surface area contributed by atoms with Gasteiger partial charge in [0, 0.05) is 30.7 Å². The van der Waals surface area contributed by atoms with Gasteiger partial charge < -0.3 is 5.32 Å². The van der Waals surface area contributed by atoms with E-state index in [0.717, 1.165) is 17.8 Å². The van der Waals surface area contributed by atoms with E-state index in [9.17, 15) is 13.2 Å². The molecule has 0 amide bonds. The van der Waals surface area contributed by atoms with Gasteiger partial charge in [-0.2, -0.15) is 13.2 Å². The molecule has 0 spiro atoms. The van der Waals surface area contributed by atoms with Crippen LogP contribution in [0.3, 0.4) is 0 Å². The summed E-state index contributed by atoms with van der Waals surface area (Å²) in [4.78, 5) is 5.58. The maximum absolute atomic E-state index is 12.3. The lowest BCUT2D eigenvalue weighted by Crippen LogP contribution is -2.33. The first-order valence-electron chi connectivity index (χ1n) is 6.38. The van der Waals surface area contributed by atoms with Crippen LogP contribution in [-0.2, 0) is 0 Å². The molecule has 2 rings (SSSR count). The Morgan fingerprint density at radius 1 is 1.47 bits per heavy atom. The summed E-state index contributed by atoms with van der Waals surface area (Å²) < 4.78 is 36.8. The summed E-state index contributed by atoms with van der Waals surface area (Å²) in [5, 5.41) is 3.26. The zero-order valence-corrected chi connectivity index (χ0v) is 10.9. The molecule has 0 aromatic carbocycles. The lowest BCUT2D eigenvalue weighted by atomic mass is 10.1. The molecule has 1 unspecified atom stereocenters. The van der Waals surface area contributed by atoms with E-state index in [1.165, 1.54) is 4.90 Å². The largest absolute Gasteiger partial charge is 0.401 e. The third kappa shape index (κ3) is 4.70. The van der Waals surface area contributed by atoms with Crippen LogP contribution in [0.5, 0.6) is 0 Å². The van der Waals surface area contributed by atoms with Crippen LogP contribution in [0, 0.1) is 12.8 Å². The number of anilines is 1. The fourth-order valence-corrected chi connectivity index (χ4v) is 2.39. The van der Waals surface area contributed by atoms with E-state index in [0.29, 0.717) is 19.6 Å². The van der Waals surface area contributed by atoms with Crippen LogP contribution >= 0.6 is 0 Å². The second kappa shape index (κ2) is 5.77. The molecule has 1 fully saturated rings. The topological polar surface area (TPSA) is 28.2 Å². The van der Waals surface area contributed by atoms with Crippen LogP contribution in [0.15, 0.2) is 18.3 Å². The number of nitrogens with zero attached hydrogens (tertiary/aromatic N) is 2. The molecule has 3 nitrogen and oxygen atoms in total. The van der Waals surface area contributed by atoms with Gasteiger partial charge in [0.1, 0.15) is 0 Å². The number of likely N-dealkylation sites (tertiary alicyclic amines) is 1. The molecule has 1 saturated heterocycles. The summed E-state index contributed by atoms with van der Waals surface area (Å²) in [6, 6.07) is 3.80. The highest BCUT2D eigenvalue weighted by atomic mass is 19.4. The minimum atomic E-state index is -4.09. The molecule has 0 radical (unpaired) electrons. The standard InChI is InChI=1S/C13H18F3N3/c1-10-6-12(2-4-17-10)18-7-11-3-5-19(8-11)9-13(14,15)16/h2,4,6,11H,3,5,7-9H2,1H3,(H,17,18). The maximum atomic E-state index is 12.3. The molecule has 1 aromatic rings. The van der Waals surface area contributed by atoms with Crippen molar-refractivity contribution in [1.82, 2.24) is 9.88 Å². The number of hydrogen-bond donors (Lipinski definition) is 1. The van der Waals surface area contributed by atoms with Crippen molar-refractivity contribution in [3.05, 3.63) is 24.0 Å².